The normalized spacial score (nSPS) is 14.3. The summed E-state index contributed by atoms with van der Waals surface area (Å²) in [6, 6.07) is 5.01. The van der Waals surface area contributed by atoms with Gasteiger partial charge in [0.2, 0.25) is 0 Å². The molecule has 0 spiro atoms. The Labute approximate surface area is 127 Å². The zero-order chi connectivity index (χ0) is 17.0. The van der Waals surface area contributed by atoms with Crippen molar-refractivity contribution in [2.45, 2.75) is 25.2 Å². The van der Waals surface area contributed by atoms with Gasteiger partial charge in [0.05, 0.1) is 10.7 Å². The Hall–Kier alpha value is -2.00. The van der Waals surface area contributed by atoms with E-state index in [1.165, 1.54) is 38.1 Å². The van der Waals surface area contributed by atoms with Crippen LogP contribution in [0.4, 0.5) is 5.69 Å². The van der Waals surface area contributed by atoms with Crippen molar-refractivity contribution in [1.82, 2.24) is 0 Å². The fourth-order valence-corrected chi connectivity index (χ4v) is 3.41. The molecular weight excluding hydrogens is 314 g/mol. The van der Waals surface area contributed by atoms with Crippen LogP contribution in [0.1, 0.15) is 19.4 Å². The van der Waals surface area contributed by atoms with Crippen LogP contribution in [0, 0.1) is 10.1 Å². The number of aliphatic carboxylic acids is 1. The van der Waals surface area contributed by atoms with E-state index in [1.807, 2.05) is 0 Å². The van der Waals surface area contributed by atoms with Crippen LogP contribution < -0.4 is 0 Å². The van der Waals surface area contributed by atoms with Gasteiger partial charge in [0.25, 0.3) is 10.6 Å². The third kappa shape index (κ3) is 3.42. The van der Waals surface area contributed by atoms with E-state index >= 15 is 0 Å². The highest BCUT2D eigenvalue weighted by Gasteiger charge is 2.51. The SMILES string of the molecule is CCOC(Cc1ccc([N+](=O)[O-])cc1)(C(=O)O)S(=O)(=O)CC. The Kier molecular flexibility index (Phi) is 5.61. The lowest BCUT2D eigenvalue weighted by atomic mass is 10.1. The topological polar surface area (TPSA) is 124 Å². The van der Waals surface area contributed by atoms with Crippen LogP contribution >= 0.6 is 0 Å². The summed E-state index contributed by atoms with van der Waals surface area (Å²) in [5.74, 6) is -2.00. The number of nitrogens with zero attached hydrogens (tertiary/aromatic N) is 1. The fourth-order valence-electron chi connectivity index (χ4n) is 1.99. The molecule has 0 radical (unpaired) electrons. The molecular formula is C13H17NO7S. The van der Waals surface area contributed by atoms with Crippen LogP contribution in [0.2, 0.25) is 0 Å². The molecule has 0 saturated carbocycles. The summed E-state index contributed by atoms with van der Waals surface area (Å²) < 4.78 is 29.5. The third-order valence-corrected chi connectivity index (χ3v) is 5.37. The van der Waals surface area contributed by atoms with Gasteiger partial charge in [-0.2, -0.15) is 0 Å². The number of hydrogen-bond acceptors (Lipinski definition) is 6. The standard InChI is InChI=1S/C13H17NO7S/c1-3-21-13(12(15)16,22(19,20)4-2)9-10-5-7-11(8-6-10)14(17)18/h5-8H,3-4,9H2,1-2H3,(H,15,16). The summed E-state index contributed by atoms with van der Waals surface area (Å²) in [6.45, 7) is 2.74. The smallest absolute Gasteiger partial charge is 0.352 e. The van der Waals surface area contributed by atoms with Crippen molar-refractivity contribution in [3.63, 3.8) is 0 Å². The Morgan fingerprint density at radius 3 is 2.23 bits per heavy atom. The highest BCUT2D eigenvalue weighted by molar-refractivity contribution is 7.93. The van der Waals surface area contributed by atoms with Gasteiger partial charge in [-0.15, -0.1) is 0 Å². The van der Waals surface area contributed by atoms with E-state index in [2.05, 4.69) is 0 Å². The molecule has 0 aromatic heterocycles. The first-order valence-corrected chi connectivity index (χ1v) is 8.18. The number of sulfone groups is 1. The minimum atomic E-state index is -4.06. The number of carboxylic acid groups (broad SMARTS) is 1. The number of benzene rings is 1. The molecule has 1 atom stereocenters. The Morgan fingerprint density at radius 2 is 1.86 bits per heavy atom. The first-order valence-electron chi connectivity index (χ1n) is 6.53. The molecule has 0 aliphatic rings. The third-order valence-electron chi connectivity index (χ3n) is 3.17. The first kappa shape index (κ1) is 18.1. The average Bonchev–Trinajstić information content (AvgIpc) is 2.46. The maximum atomic E-state index is 12.2. The number of nitro benzene ring substituents is 1. The molecule has 0 saturated heterocycles. The number of carboxylic acids is 1. The molecule has 1 N–H and O–H groups in total. The Balaban J connectivity index is 3.29. The summed E-state index contributed by atoms with van der Waals surface area (Å²) in [6.07, 6.45) is -0.426. The lowest BCUT2D eigenvalue weighted by molar-refractivity contribution is -0.384. The van der Waals surface area contributed by atoms with Crippen molar-refractivity contribution in [1.29, 1.82) is 0 Å². The summed E-state index contributed by atoms with van der Waals surface area (Å²) in [4.78, 5) is 19.2. The fraction of sp³-hybridized carbons (Fsp3) is 0.462. The Morgan fingerprint density at radius 1 is 1.32 bits per heavy atom. The minimum Gasteiger partial charge on any atom is -0.478 e. The maximum absolute atomic E-state index is 12.2. The number of ether oxygens (including phenoxy) is 1. The van der Waals surface area contributed by atoms with Gasteiger partial charge in [0.15, 0.2) is 9.84 Å². The number of nitro groups is 1. The lowest BCUT2D eigenvalue weighted by Crippen LogP contribution is -2.51. The van der Waals surface area contributed by atoms with E-state index < -0.39 is 37.8 Å². The number of non-ortho nitro benzene ring substituents is 1. The molecule has 22 heavy (non-hydrogen) atoms. The van der Waals surface area contributed by atoms with Gasteiger partial charge in [-0.1, -0.05) is 19.1 Å². The van der Waals surface area contributed by atoms with E-state index in [9.17, 15) is 28.4 Å². The van der Waals surface area contributed by atoms with Crippen molar-refractivity contribution in [3.05, 3.63) is 39.9 Å². The maximum Gasteiger partial charge on any atom is 0.352 e. The summed E-state index contributed by atoms with van der Waals surface area (Å²) >= 11 is 0. The molecule has 1 rings (SSSR count). The van der Waals surface area contributed by atoms with Gasteiger partial charge < -0.3 is 9.84 Å². The second-order valence-corrected chi connectivity index (χ2v) is 6.96. The molecule has 1 unspecified atom stereocenters. The van der Waals surface area contributed by atoms with Crippen LogP contribution in [0.3, 0.4) is 0 Å². The van der Waals surface area contributed by atoms with E-state index in [0.717, 1.165) is 0 Å². The number of carbonyl (C=O) groups is 1. The lowest BCUT2D eigenvalue weighted by Gasteiger charge is -2.28. The predicted octanol–water partition coefficient (Wildman–Crippen LogP) is 1.39. The second kappa shape index (κ2) is 6.84. The number of hydrogen-bond donors (Lipinski definition) is 1. The van der Waals surface area contributed by atoms with E-state index in [4.69, 9.17) is 4.74 Å². The van der Waals surface area contributed by atoms with E-state index in [0.29, 0.717) is 5.56 Å². The molecule has 0 aliphatic carbocycles. The first-order chi connectivity index (χ1) is 10.2. The molecule has 8 nitrogen and oxygen atoms in total. The molecule has 0 heterocycles. The Bertz CT molecular complexity index is 653. The van der Waals surface area contributed by atoms with Crippen molar-refractivity contribution < 1.29 is 28.0 Å². The molecule has 0 amide bonds. The van der Waals surface area contributed by atoms with Crippen molar-refractivity contribution in [2.24, 2.45) is 0 Å². The van der Waals surface area contributed by atoms with Crippen molar-refractivity contribution >= 4 is 21.5 Å². The quantitative estimate of drug-likeness (QED) is 0.563. The summed E-state index contributed by atoms with van der Waals surface area (Å²) in [5, 5.41) is 20.0. The van der Waals surface area contributed by atoms with E-state index in [-0.39, 0.29) is 12.3 Å². The van der Waals surface area contributed by atoms with Crippen molar-refractivity contribution in [3.8, 4) is 0 Å². The minimum absolute atomic E-state index is 0.0987. The van der Waals surface area contributed by atoms with Gasteiger partial charge in [0.1, 0.15) is 0 Å². The van der Waals surface area contributed by atoms with Crippen LogP contribution in [-0.4, -0.2) is 41.7 Å². The second-order valence-electron chi connectivity index (χ2n) is 4.49. The van der Waals surface area contributed by atoms with Crippen molar-refractivity contribution in [2.75, 3.05) is 12.4 Å². The van der Waals surface area contributed by atoms with Crippen LogP contribution in [0.15, 0.2) is 24.3 Å². The van der Waals surface area contributed by atoms with Gasteiger partial charge in [-0.25, -0.2) is 13.2 Å². The van der Waals surface area contributed by atoms with Crippen LogP contribution in [0.5, 0.6) is 0 Å². The van der Waals surface area contributed by atoms with Crippen LogP contribution in [0.25, 0.3) is 0 Å². The largest absolute Gasteiger partial charge is 0.478 e. The average molecular weight is 331 g/mol. The van der Waals surface area contributed by atoms with E-state index in [1.54, 1.807) is 0 Å². The van der Waals surface area contributed by atoms with Gasteiger partial charge >= 0.3 is 5.97 Å². The monoisotopic (exact) mass is 331 g/mol. The van der Waals surface area contributed by atoms with Gasteiger partial charge in [0, 0.05) is 25.2 Å². The molecule has 122 valence electrons. The molecule has 1 aromatic rings. The van der Waals surface area contributed by atoms with Gasteiger partial charge in [-0.3, -0.25) is 10.1 Å². The summed E-state index contributed by atoms with van der Waals surface area (Å²) in [5.41, 5.74) is 0.151. The predicted molar refractivity (Wildman–Crippen MR) is 78.3 cm³/mol. The molecule has 0 bridgehead atoms. The highest BCUT2D eigenvalue weighted by Crippen LogP contribution is 2.27. The molecule has 1 aromatic carbocycles. The zero-order valence-corrected chi connectivity index (χ0v) is 13.0. The molecule has 0 fully saturated rings. The summed E-state index contributed by atoms with van der Waals surface area (Å²) in [7, 11) is -4.06. The zero-order valence-electron chi connectivity index (χ0n) is 12.2. The number of rotatable bonds is 8. The highest BCUT2D eigenvalue weighted by atomic mass is 32.2. The molecule has 0 aliphatic heterocycles. The van der Waals surface area contributed by atoms with Gasteiger partial charge in [-0.05, 0) is 12.5 Å². The van der Waals surface area contributed by atoms with Crippen LogP contribution in [-0.2, 0) is 25.8 Å². The molecule has 9 heteroatoms.